The van der Waals surface area contributed by atoms with Crippen LogP contribution in [-0.4, -0.2) is 58.5 Å². The van der Waals surface area contributed by atoms with Gasteiger partial charge in [-0.25, -0.2) is 9.78 Å². The van der Waals surface area contributed by atoms with E-state index in [9.17, 15) is 27.6 Å². The lowest BCUT2D eigenvalue weighted by atomic mass is 10.1. The average Bonchev–Trinajstić information content (AvgIpc) is 3.11. The molecular formula is C24H27N3O8S2. The van der Waals surface area contributed by atoms with Crippen LogP contribution in [0.5, 0.6) is 0 Å². The van der Waals surface area contributed by atoms with Crippen LogP contribution in [-0.2, 0) is 29.3 Å². The van der Waals surface area contributed by atoms with Gasteiger partial charge in [-0.3, -0.25) is 18.9 Å². The zero-order chi connectivity index (χ0) is 27.2. The number of benzene rings is 1. The van der Waals surface area contributed by atoms with Crippen LogP contribution in [0, 0.1) is 13.8 Å². The van der Waals surface area contributed by atoms with Gasteiger partial charge in [0.15, 0.2) is 5.25 Å². The number of carbonyl (C=O) groups excluding carboxylic acids is 4. The molecule has 1 aliphatic rings. The van der Waals surface area contributed by atoms with Crippen molar-refractivity contribution in [2.24, 2.45) is 0 Å². The minimum absolute atomic E-state index is 0.0879. The van der Waals surface area contributed by atoms with E-state index in [1.807, 2.05) is 38.1 Å². The third-order valence-corrected chi connectivity index (χ3v) is 7.77. The van der Waals surface area contributed by atoms with Crippen LogP contribution in [0.3, 0.4) is 0 Å². The van der Waals surface area contributed by atoms with Crippen molar-refractivity contribution < 1.29 is 37.0 Å². The molecule has 0 bridgehead atoms. The van der Waals surface area contributed by atoms with Crippen LogP contribution < -0.4 is 5.32 Å². The lowest BCUT2D eigenvalue weighted by molar-refractivity contribution is -0.197. The zero-order valence-corrected chi connectivity index (χ0v) is 21.9. The number of imide groups is 1. The number of aromatic nitrogens is 1. The first-order chi connectivity index (χ1) is 17.5. The number of amides is 3. The van der Waals surface area contributed by atoms with Crippen LogP contribution in [0.15, 0.2) is 46.5 Å². The fourth-order valence-corrected chi connectivity index (χ4v) is 5.28. The van der Waals surface area contributed by atoms with E-state index in [1.54, 1.807) is 12.3 Å². The fourth-order valence-electron chi connectivity index (χ4n) is 3.51. The summed E-state index contributed by atoms with van der Waals surface area (Å²) in [4.78, 5) is 58.3. The second kappa shape index (κ2) is 12.3. The van der Waals surface area contributed by atoms with Crippen LogP contribution in [0.25, 0.3) is 0 Å². The van der Waals surface area contributed by atoms with Crippen LogP contribution in [0.4, 0.5) is 0 Å². The molecule has 1 unspecified atom stereocenters. The maximum Gasteiger partial charge on any atom is 0.333 e. The predicted molar refractivity (Wildman–Crippen MR) is 133 cm³/mol. The number of hydrogen-bond acceptors (Lipinski definition) is 9. The van der Waals surface area contributed by atoms with Gasteiger partial charge in [-0.2, -0.15) is 8.42 Å². The summed E-state index contributed by atoms with van der Waals surface area (Å²) in [5, 5.41) is 1.82. The number of hydrogen-bond donors (Lipinski definition) is 2. The fraction of sp³-hybridized carbons (Fsp3) is 0.375. The first kappa shape index (κ1) is 28.3. The molecule has 0 aliphatic carbocycles. The van der Waals surface area contributed by atoms with Crippen molar-refractivity contribution in [3.8, 4) is 0 Å². The van der Waals surface area contributed by atoms with Crippen molar-refractivity contribution in [3.05, 3.63) is 53.2 Å². The lowest BCUT2D eigenvalue weighted by Gasteiger charge is -2.13. The summed E-state index contributed by atoms with van der Waals surface area (Å²) in [6.07, 6.45) is 2.28. The topological polar surface area (TPSA) is 160 Å². The molecule has 3 rings (SSSR count). The molecule has 0 saturated carbocycles. The second-order valence-electron chi connectivity index (χ2n) is 8.49. The van der Waals surface area contributed by atoms with Gasteiger partial charge in [0.2, 0.25) is 0 Å². The molecule has 198 valence electrons. The quantitative estimate of drug-likeness (QED) is 0.242. The van der Waals surface area contributed by atoms with Gasteiger partial charge in [0.25, 0.3) is 27.8 Å². The Kier molecular flexibility index (Phi) is 9.40. The van der Waals surface area contributed by atoms with Crippen LogP contribution >= 0.6 is 11.8 Å². The Hall–Kier alpha value is -3.29. The van der Waals surface area contributed by atoms with E-state index in [2.05, 4.69) is 15.1 Å². The van der Waals surface area contributed by atoms with E-state index in [1.165, 1.54) is 11.8 Å². The summed E-state index contributed by atoms with van der Waals surface area (Å²) < 4.78 is 31.3. The smallest absolute Gasteiger partial charge is 0.333 e. The molecule has 0 spiro atoms. The molecule has 2 heterocycles. The largest absolute Gasteiger partial charge is 0.352 e. The van der Waals surface area contributed by atoms with E-state index < -0.39 is 39.6 Å². The molecule has 2 aromatic rings. The maximum absolute atomic E-state index is 12.8. The van der Waals surface area contributed by atoms with Crippen molar-refractivity contribution in [2.75, 3.05) is 6.54 Å². The van der Waals surface area contributed by atoms with E-state index in [0.717, 1.165) is 21.0 Å². The van der Waals surface area contributed by atoms with Gasteiger partial charge in [-0.05, 0) is 56.0 Å². The second-order valence-corrected chi connectivity index (χ2v) is 11.1. The molecule has 1 aromatic carbocycles. The Morgan fingerprint density at radius 1 is 1.19 bits per heavy atom. The number of unbranched alkanes of at least 4 members (excludes halogenated alkanes) is 2. The van der Waals surface area contributed by atoms with Gasteiger partial charge < -0.3 is 10.2 Å². The normalized spacial score (nSPS) is 15.6. The Labute approximate surface area is 218 Å². The van der Waals surface area contributed by atoms with Crippen molar-refractivity contribution in [1.82, 2.24) is 15.4 Å². The minimum atomic E-state index is -4.77. The molecule has 1 fully saturated rings. The van der Waals surface area contributed by atoms with Gasteiger partial charge in [0.05, 0.1) is 12.0 Å². The van der Waals surface area contributed by atoms with Crippen molar-refractivity contribution >= 4 is 45.6 Å². The molecular weight excluding hydrogens is 522 g/mol. The van der Waals surface area contributed by atoms with E-state index >= 15 is 0 Å². The number of rotatable bonds is 11. The monoisotopic (exact) mass is 549 g/mol. The Morgan fingerprint density at radius 2 is 1.95 bits per heavy atom. The van der Waals surface area contributed by atoms with Crippen molar-refractivity contribution in [3.63, 3.8) is 0 Å². The zero-order valence-electron chi connectivity index (χ0n) is 20.3. The maximum atomic E-state index is 12.8. The molecule has 11 nitrogen and oxygen atoms in total. The van der Waals surface area contributed by atoms with Crippen LogP contribution in [0.2, 0.25) is 0 Å². The van der Waals surface area contributed by atoms with Gasteiger partial charge in [-0.1, -0.05) is 30.3 Å². The molecule has 3 amide bonds. The summed E-state index contributed by atoms with van der Waals surface area (Å²) >= 11 is 1.43. The molecule has 1 atom stereocenters. The molecule has 13 heteroatoms. The summed E-state index contributed by atoms with van der Waals surface area (Å²) in [6.45, 7) is 4.27. The van der Waals surface area contributed by atoms with Gasteiger partial charge in [0.1, 0.15) is 5.03 Å². The molecule has 1 saturated heterocycles. The Morgan fingerprint density at radius 3 is 2.62 bits per heavy atom. The molecule has 1 aliphatic heterocycles. The van der Waals surface area contributed by atoms with E-state index in [4.69, 9.17) is 4.55 Å². The number of pyridine rings is 1. The first-order valence-electron chi connectivity index (χ1n) is 11.5. The highest BCUT2D eigenvalue weighted by molar-refractivity contribution is 7.99. The highest BCUT2D eigenvalue weighted by atomic mass is 32.2. The minimum Gasteiger partial charge on any atom is -0.352 e. The van der Waals surface area contributed by atoms with Crippen molar-refractivity contribution in [1.29, 1.82) is 0 Å². The lowest BCUT2D eigenvalue weighted by Crippen LogP contribution is -2.36. The number of nitrogens with zero attached hydrogens (tertiary/aromatic N) is 2. The molecule has 37 heavy (non-hydrogen) atoms. The SMILES string of the molecule is Cc1ccc(C(=O)NCCCCCC(=O)ON2C(=O)CC(S(=O)(=O)O)C2=O)c(Sc2ncccc2C)c1. The first-order valence-corrected chi connectivity index (χ1v) is 13.8. The highest BCUT2D eigenvalue weighted by Crippen LogP contribution is 2.32. The standard InChI is InChI=1S/C24H27N3O8S2/c1-15-9-10-17(18(13-15)36-23-16(2)7-6-12-26-23)22(30)25-11-5-3-4-8-21(29)35-27-20(28)14-19(24(27)31)37(32,33)34/h6-7,9-10,12-13,19H,3-5,8,11,14H2,1-2H3,(H,25,30)(H,32,33,34). The summed E-state index contributed by atoms with van der Waals surface area (Å²) in [5.74, 6) is -3.42. The Bertz CT molecular complexity index is 1310. The third-order valence-electron chi connectivity index (χ3n) is 5.51. The number of carbonyl (C=O) groups is 4. The van der Waals surface area contributed by atoms with E-state index in [0.29, 0.717) is 31.4 Å². The number of hydroxylamine groups is 2. The summed E-state index contributed by atoms with van der Waals surface area (Å²) in [6, 6.07) is 9.39. The molecule has 0 radical (unpaired) electrons. The van der Waals surface area contributed by atoms with Crippen LogP contribution in [0.1, 0.15) is 53.6 Å². The number of nitrogens with one attached hydrogen (secondary N) is 1. The van der Waals surface area contributed by atoms with Gasteiger partial charge in [-0.15, -0.1) is 5.06 Å². The Balaban J connectivity index is 1.43. The highest BCUT2D eigenvalue weighted by Gasteiger charge is 2.48. The number of aryl methyl sites for hydroxylation is 2. The van der Waals surface area contributed by atoms with Gasteiger partial charge >= 0.3 is 5.97 Å². The average molecular weight is 550 g/mol. The van der Waals surface area contributed by atoms with E-state index in [-0.39, 0.29) is 17.4 Å². The van der Waals surface area contributed by atoms with Gasteiger partial charge in [0, 0.05) is 24.1 Å². The molecule has 2 N–H and O–H groups in total. The summed E-state index contributed by atoms with van der Waals surface area (Å²) in [7, 11) is -4.77. The molecule has 1 aromatic heterocycles. The third kappa shape index (κ3) is 7.60. The predicted octanol–water partition coefficient (Wildman–Crippen LogP) is 2.61. The summed E-state index contributed by atoms with van der Waals surface area (Å²) in [5.41, 5.74) is 2.56. The van der Waals surface area contributed by atoms with Crippen molar-refractivity contribution in [2.45, 2.75) is 61.1 Å².